The number of aromatic nitrogens is 2. The van der Waals surface area contributed by atoms with Gasteiger partial charge >= 0.3 is 0 Å². The second-order valence-electron chi connectivity index (χ2n) is 2.47. The molecule has 0 saturated heterocycles. The molecule has 2 aromatic heterocycles. The van der Waals surface area contributed by atoms with Crippen LogP contribution in [0.2, 0.25) is 0 Å². The molecule has 2 aromatic rings. The van der Waals surface area contributed by atoms with E-state index in [9.17, 15) is 4.79 Å². The van der Waals surface area contributed by atoms with Gasteiger partial charge in [-0.3, -0.25) is 4.79 Å². The number of H-pyrrole nitrogens is 1. The molecule has 0 unspecified atom stereocenters. The Balaban J connectivity index is 0.000000845. The van der Waals surface area contributed by atoms with Gasteiger partial charge in [0.25, 0.3) is 5.91 Å². The van der Waals surface area contributed by atoms with Crippen molar-refractivity contribution < 1.29 is 10.3 Å². The number of fused-ring (bicyclic) bond motifs is 1. The van der Waals surface area contributed by atoms with Crippen LogP contribution in [0, 0.1) is 0 Å². The summed E-state index contributed by atoms with van der Waals surface area (Å²) < 4.78 is 0. The molecule has 5 nitrogen and oxygen atoms in total. The standard InChI is InChI=1S/C8H7N3O.H2O/c9-7(12)6-4-11-8-5(6)2-1-3-10-8;/h1-4H,(H2,9,12)(H,10,11);1H2. The Hall–Kier alpha value is -1.88. The van der Waals surface area contributed by atoms with Crippen molar-refractivity contribution in [3.05, 3.63) is 30.1 Å². The van der Waals surface area contributed by atoms with Gasteiger partial charge in [0.05, 0.1) is 5.56 Å². The molecular formula is C8H9N3O2. The third-order valence-corrected chi connectivity index (χ3v) is 1.72. The second-order valence-corrected chi connectivity index (χ2v) is 2.47. The molecule has 13 heavy (non-hydrogen) atoms. The van der Waals surface area contributed by atoms with Crippen molar-refractivity contribution >= 4 is 16.9 Å². The molecule has 0 aromatic carbocycles. The van der Waals surface area contributed by atoms with Gasteiger partial charge in [0, 0.05) is 17.8 Å². The maximum Gasteiger partial charge on any atom is 0.250 e. The molecule has 0 spiro atoms. The summed E-state index contributed by atoms with van der Waals surface area (Å²) in [5.74, 6) is -0.436. The molecule has 5 heteroatoms. The summed E-state index contributed by atoms with van der Waals surface area (Å²) in [6.45, 7) is 0. The monoisotopic (exact) mass is 179 g/mol. The highest BCUT2D eigenvalue weighted by Gasteiger charge is 2.07. The normalized spacial score (nSPS) is 9.54. The van der Waals surface area contributed by atoms with Crippen molar-refractivity contribution in [1.82, 2.24) is 9.97 Å². The van der Waals surface area contributed by atoms with E-state index in [4.69, 9.17) is 5.73 Å². The van der Waals surface area contributed by atoms with E-state index in [0.717, 1.165) is 5.39 Å². The average molecular weight is 179 g/mol. The Morgan fingerprint density at radius 3 is 3.00 bits per heavy atom. The Morgan fingerprint density at radius 1 is 1.54 bits per heavy atom. The number of nitrogens with two attached hydrogens (primary N) is 1. The number of hydrogen-bond acceptors (Lipinski definition) is 2. The number of rotatable bonds is 1. The molecule has 5 N–H and O–H groups in total. The highest BCUT2D eigenvalue weighted by atomic mass is 16.1. The molecule has 68 valence electrons. The third-order valence-electron chi connectivity index (χ3n) is 1.72. The van der Waals surface area contributed by atoms with Gasteiger partial charge in [-0.2, -0.15) is 0 Å². The van der Waals surface area contributed by atoms with Gasteiger partial charge in [0.15, 0.2) is 0 Å². The number of amides is 1. The van der Waals surface area contributed by atoms with Gasteiger partial charge in [-0.25, -0.2) is 4.98 Å². The Bertz CT molecular complexity index is 436. The molecule has 0 aliphatic carbocycles. The lowest BCUT2D eigenvalue weighted by Crippen LogP contribution is -2.09. The molecule has 0 bridgehead atoms. The number of pyridine rings is 1. The van der Waals surface area contributed by atoms with Crippen LogP contribution in [-0.4, -0.2) is 21.4 Å². The molecule has 0 atom stereocenters. The van der Waals surface area contributed by atoms with E-state index in [1.54, 1.807) is 24.5 Å². The lowest BCUT2D eigenvalue weighted by molar-refractivity contribution is 0.100. The average Bonchev–Trinajstić information content (AvgIpc) is 2.47. The number of aromatic amines is 1. The van der Waals surface area contributed by atoms with Crippen molar-refractivity contribution in [3.63, 3.8) is 0 Å². The minimum absolute atomic E-state index is 0. The van der Waals surface area contributed by atoms with Crippen LogP contribution in [0.25, 0.3) is 11.0 Å². The number of carbonyl (C=O) groups excluding carboxylic acids is 1. The summed E-state index contributed by atoms with van der Waals surface area (Å²) >= 11 is 0. The van der Waals surface area contributed by atoms with E-state index in [1.165, 1.54) is 0 Å². The molecule has 2 rings (SSSR count). The van der Waals surface area contributed by atoms with Gasteiger partial charge in [-0.15, -0.1) is 0 Å². The summed E-state index contributed by atoms with van der Waals surface area (Å²) in [5.41, 5.74) is 6.31. The fourth-order valence-electron chi connectivity index (χ4n) is 1.16. The van der Waals surface area contributed by atoms with Crippen molar-refractivity contribution in [3.8, 4) is 0 Å². The molecule has 2 heterocycles. The van der Waals surface area contributed by atoms with E-state index in [1.807, 2.05) is 0 Å². The Kier molecular flexibility index (Phi) is 2.29. The highest BCUT2D eigenvalue weighted by molar-refractivity contribution is 6.04. The van der Waals surface area contributed by atoms with Gasteiger partial charge in [0.1, 0.15) is 5.65 Å². The number of primary amides is 1. The van der Waals surface area contributed by atoms with E-state index in [2.05, 4.69) is 9.97 Å². The SMILES string of the molecule is NC(=O)c1c[nH]c2ncccc12.O. The molecule has 0 saturated carbocycles. The van der Waals surface area contributed by atoms with E-state index in [-0.39, 0.29) is 5.48 Å². The molecule has 0 aliphatic heterocycles. The molecule has 0 radical (unpaired) electrons. The number of hydrogen-bond donors (Lipinski definition) is 2. The first-order valence-electron chi connectivity index (χ1n) is 3.51. The van der Waals surface area contributed by atoms with Crippen LogP contribution in [0.3, 0.4) is 0 Å². The van der Waals surface area contributed by atoms with Gasteiger partial charge < -0.3 is 16.2 Å². The lowest BCUT2D eigenvalue weighted by atomic mass is 10.2. The first-order chi connectivity index (χ1) is 5.79. The smallest absolute Gasteiger partial charge is 0.250 e. The van der Waals surface area contributed by atoms with E-state index >= 15 is 0 Å². The third kappa shape index (κ3) is 1.36. The molecule has 0 aliphatic rings. The van der Waals surface area contributed by atoms with Crippen LogP contribution in [0.15, 0.2) is 24.5 Å². The minimum atomic E-state index is -0.436. The minimum Gasteiger partial charge on any atom is -0.412 e. The number of nitrogens with one attached hydrogen (secondary N) is 1. The molecule has 1 amide bonds. The highest BCUT2D eigenvalue weighted by Crippen LogP contribution is 2.14. The zero-order chi connectivity index (χ0) is 8.55. The Labute approximate surface area is 73.9 Å². The van der Waals surface area contributed by atoms with Gasteiger partial charge in [-0.05, 0) is 12.1 Å². The summed E-state index contributed by atoms with van der Waals surface area (Å²) in [6.07, 6.45) is 3.23. The molecular weight excluding hydrogens is 170 g/mol. The quantitative estimate of drug-likeness (QED) is 0.634. The summed E-state index contributed by atoms with van der Waals surface area (Å²) in [7, 11) is 0. The fourth-order valence-corrected chi connectivity index (χ4v) is 1.16. The lowest BCUT2D eigenvalue weighted by Gasteiger charge is -1.89. The largest absolute Gasteiger partial charge is 0.412 e. The van der Waals surface area contributed by atoms with Gasteiger partial charge in [0.2, 0.25) is 0 Å². The number of carbonyl (C=O) groups is 1. The zero-order valence-corrected chi connectivity index (χ0v) is 6.74. The van der Waals surface area contributed by atoms with Crippen LogP contribution in [0.4, 0.5) is 0 Å². The van der Waals surface area contributed by atoms with Crippen molar-refractivity contribution in [1.29, 1.82) is 0 Å². The van der Waals surface area contributed by atoms with Crippen LogP contribution in [0.5, 0.6) is 0 Å². The predicted molar refractivity (Wildman–Crippen MR) is 48.2 cm³/mol. The first-order valence-corrected chi connectivity index (χ1v) is 3.51. The number of nitrogens with zero attached hydrogens (tertiary/aromatic N) is 1. The first kappa shape index (κ1) is 9.21. The topological polar surface area (TPSA) is 103 Å². The predicted octanol–water partition coefficient (Wildman–Crippen LogP) is -0.163. The van der Waals surface area contributed by atoms with Crippen LogP contribution < -0.4 is 5.73 Å². The van der Waals surface area contributed by atoms with E-state index < -0.39 is 5.91 Å². The second kappa shape index (κ2) is 3.24. The van der Waals surface area contributed by atoms with E-state index in [0.29, 0.717) is 11.2 Å². The van der Waals surface area contributed by atoms with Crippen LogP contribution >= 0.6 is 0 Å². The van der Waals surface area contributed by atoms with Gasteiger partial charge in [-0.1, -0.05) is 0 Å². The van der Waals surface area contributed by atoms with Crippen molar-refractivity contribution in [2.45, 2.75) is 0 Å². The van der Waals surface area contributed by atoms with Crippen LogP contribution in [-0.2, 0) is 0 Å². The molecule has 0 fully saturated rings. The fraction of sp³-hybridized carbons (Fsp3) is 0. The Morgan fingerprint density at radius 2 is 2.31 bits per heavy atom. The maximum atomic E-state index is 10.9. The maximum absolute atomic E-state index is 10.9. The van der Waals surface area contributed by atoms with Crippen molar-refractivity contribution in [2.24, 2.45) is 5.73 Å². The summed E-state index contributed by atoms with van der Waals surface area (Å²) in [5, 5.41) is 0.769. The van der Waals surface area contributed by atoms with Crippen molar-refractivity contribution in [2.75, 3.05) is 0 Å². The zero-order valence-electron chi connectivity index (χ0n) is 6.74. The van der Waals surface area contributed by atoms with Crippen LogP contribution in [0.1, 0.15) is 10.4 Å². The summed E-state index contributed by atoms with van der Waals surface area (Å²) in [4.78, 5) is 17.7. The summed E-state index contributed by atoms with van der Waals surface area (Å²) in [6, 6.07) is 3.57.